The van der Waals surface area contributed by atoms with Gasteiger partial charge < -0.3 is 16.6 Å². The Morgan fingerprint density at radius 2 is 2.32 bits per heavy atom. The highest BCUT2D eigenvalue weighted by Crippen LogP contribution is 2.23. The minimum Gasteiger partial charge on any atom is -0.398 e. The van der Waals surface area contributed by atoms with Gasteiger partial charge in [0.2, 0.25) is 5.91 Å². The van der Waals surface area contributed by atoms with Gasteiger partial charge in [-0.05, 0) is 43.5 Å². The monoisotopic (exact) mass is 263 g/mol. The second kappa shape index (κ2) is 5.59. The van der Waals surface area contributed by atoms with Crippen LogP contribution in [0.4, 0.5) is 5.69 Å². The normalized spacial score (nSPS) is 21.5. The van der Waals surface area contributed by atoms with Crippen molar-refractivity contribution in [2.75, 3.05) is 18.8 Å². The highest BCUT2D eigenvalue weighted by atomic mass is 16.3. The molecule has 0 spiro atoms. The minimum atomic E-state index is -0.464. The molecule has 19 heavy (non-hydrogen) atoms. The molecule has 1 aromatic rings. The van der Waals surface area contributed by atoms with Crippen molar-refractivity contribution in [2.24, 2.45) is 11.7 Å². The Hall–Kier alpha value is -1.59. The quantitative estimate of drug-likeness (QED) is 0.692. The molecule has 1 aliphatic rings. The van der Waals surface area contributed by atoms with E-state index in [4.69, 9.17) is 11.5 Å². The zero-order chi connectivity index (χ0) is 14.0. The first-order valence-corrected chi connectivity index (χ1v) is 6.56. The number of nitrogens with zero attached hydrogens (tertiary/aromatic N) is 1. The van der Waals surface area contributed by atoms with Crippen molar-refractivity contribution in [3.05, 3.63) is 29.3 Å². The fourth-order valence-corrected chi connectivity index (χ4v) is 2.53. The van der Waals surface area contributed by atoms with E-state index in [1.54, 1.807) is 12.1 Å². The van der Waals surface area contributed by atoms with E-state index in [9.17, 15) is 9.90 Å². The van der Waals surface area contributed by atoms with Crippen LogP contribution in [-0.2, 0) is 6.54 Å². The van der Waals surface area contributed by atoms with Crippen molar-refractivity contribution < 1.29 is 9.90 Å². The van der Waals surface area contributed by atoms with Crippen LogP contribution >= 0.6 is 0 Å². The van der Waals surface area contributed by atoms with Crippen molar-refractivity contribution in [1.29, 1.82) is 0 Å². The van der Waals surface area contributed by atoms with Crippen LogP contribution in [0.15, 0.2) is 18.2 Å². The molecule has 1 heterocycles. The zero-order valence-electron chi connectivity index (χ0n) is 11.2. The number of nitrogens with two attached hydrogens (primary N) is 2. The van der Waals surface area contributed by atoms with Gasteiger partial charge >= 0.3 is 0 Å². The van der Waals surface area contributed by atoms with E-state index in [2.05, 4.69) is 4.90 Å². The molecule has 2 atom stereocenters. The molecule has 2 rings (SSSR count). The Labute approximate surface area is 113 Å². The van der Waals surface area contributed by atoms with Crippen LogP contribution in [0, 0.1) is 5.92 Å². The maximum absolute atomic E-state index is 11.1. The van der Waals surface area contributed by atoms with Gasteiger partial charge in [-0.2, -0.15) is 0 Å². The molecular weight excluding hydrogens is 242 g/mol. The third-order valence-electron chi connectivity index (χ3n) is 3.82. The molecular formula is C14H21N3O2. The fourth-order valence-electron chi connectivity index (χ4n) is 2.53. The third-order valence-corrected chi connectivity index (χ3v) is 3.82. The number of amides is 1. The maximum Gasteiger partial charge on any atom is 0.248 e. The lowest BCUT2D eigenvalue weighted by atomic mass is 10.0. The summed E-state index contributed by atoms with van der Waals surface area (Å²) in [7, 11) is 0. The van der Waals surface area contributed by atoms with Gasteiger partial charge in [-0.3, -0.25) is 9.69 Å². The molecule has 0 aliphatic carbocycles. The lowest BCUT2D eigenvalue weighted by Gasteiger charge is -2.18. The molecule has 5 heteroatoms. The third kappa shape index (κ3) is 3.24. The van der Waals surface area contributed by atoms with E-state index in [0.29, 0.717) is 17.2 Å². The standard InChI is InChI=1S/C14H21N3O2/c1-9(18)11-4-5-17(7-11)8-12-3-2-10(14(16)19)6-13(12)15/h2-3,6,9,11,18H,4-5,7-8,15H2,1H3,(H2,16,19). The van der Waals surface area contributed by atoms with Crippen LogP contribution in [0.2, 0.25) is 0 Å². The summed E-state index contributed by atoms with van der Waals surface area (Å²) in [6.07, 6.45) is 0.747. The first kappa shape index (κ1) is 13.8. The highest BCUT2D eigenvalue weighted by Gasteiger charge is 2.26. The molecule has 0 bridgehead atoms. The van der Waals surface area contributed by atoms with Crippen LogP contribution in [0.1, 0.15) is 29.3 Å². The van der Waals surface area contributed by atoms with Crippen molar-refractivity contribution in [2.45, 2.75) is 26.0 Å². The lowest BCUT2D eigenvalue weighted by molar-refractivity contribution is 0.1000. The second-order valence-corrected chi connectivity index (χ2v) is 5.30. The largest absolute Gasteiger partial charge is 0.398 e. The van der Waals surface area contributed by atoms with Crippen LogP contribution in [0.3, 0.4) is 0 Å². The van der Waals surface area contributed by atoms with Crippen LogP contribution in [-0.4, -0.2) is 35.1 Å². The number of hydrogen-bond donors (Lipinski definition) is 3. The first-order chi connectivity index (χ1) is 8.97. The number of hydrogen-bond acceptors (Lipinski definition) is 4. The molecule has 104 valence electrons. The summed E-state index contributed by atoms with van der Waals surface area (Å²) in [5, 5.41) is 9.59. The molecule has 2 unspecified atom stereocenters. The van der Waals surface area contributed by atoms with Gasteiger partial charge in [0.1, 0.15) is 0 Å². The van der Waals surface area contributed by atoms with Gasteiger partial charge in [-0.1, -0.05) is 6.07 Å². The maximum atomic E-state index is 11.1. The average Bonchev–Trinajstić information content (AvgIpc) is 2.80. The van der Waals surface area contributed by atoms with E-state index >= 15 is 0 Å². The van der Waals surface area contributed by atoms with Crippen molar-refractivity contribution >= 4 is 11.6 Å². The molecule has 0 radical (unpaired) electrons. The predicted octanol–water partition coefficient (Wildman–Crippen LogP) is 0.570. The van der Waals surface area contributed by atoms with Gasteiger partial charge in [-0.25, -0.2) is 0 Å². The van der Waals surface area contributed by atoms with E-state index in [1.807, 2.05) is 13.0 Å². The van der Waals surface area contributed by atoms with Crippen molar-refractivity contribution in [3.8, 4) is 0 Å². The van der Waals surface area contributed by atoms with Gasteiger partial charge in [0, 0.05) is 24.3 Å². The number of anilines is 1. The SMILES string of the molecule is CC(O)C1CCN(Cc2ccc(C(N)=O)cc2N)C1. The number of aliphatic hydroxyl groups is 1. The second-order valence-electron chi connectivity index (χ2n) is 5.30. The molecule has 1 amide bonds. The summed E-state index contributed by atoms with van der Waals surface area (Å²) in [6, 6.07) is 5.18. The van der Waals surface area contributed by atoms with Crippen LogP contribution in [0.25, 0.3) is 0 Å². The van der Waals surface area contributed by atoms with Gasteiger partial charge in [0.25, 0.3) is 0 Å². The molecule has 5 N–H and O–H groups in total. The summed E-state index contributed by atoms with van der Waals surface area (Å²) < 4.78 is 0. The number of nitrogen functional groups attached to an aromatic ring is 1. The zero-order valence-corrected chi connectivity index (χ0v) is 11.2. The number of rotatable bonds is 4. The smallest absolute Gasteiger partial charge is 0.248 e. The summed E-state index contributed by atoms with van der Waals surface area (Å²) in [6.45, 7) is 4.43. The predicted molar refractivity (Wildman–Crippen MR) is 74.4 cm³/mol. The summed E-state index contributed by atoms with van der Waals surface area (Å²) in [4.78, 5) is 13.3. The van der Waals surface area contributed by atoms with Gasteiger partial charge in [0.15, 0.2) is 0 Å². The fraction of sp³-hybridized carbons (Fsp3) is 0.500. The number of benzene rings is 1. The molecule has 1 saturated heterocycles. The highest BCUT2D eigenvalue weighted by molar-refractivity contribution is 5.93. The van der Waals surface area contributed by atoms with E-state index in [1.165, 1.54) is 0 Å². The van der Waals surface area contributed by atoms with Gasteiger partial charge in [0.05, 0.1) is 6.10 Å². The van der Waals surface area contributed by atoms with Crippen LogP contribution < -0.4 is 11.5 Å². The van der Waals surface area contributed by atoms with E-state index in [0.717, 1.165) is 31.6 Å². The number of primary amides is 1. The molecule has 0 saturated carbocycles. The number of aliphatic hydroxyl groups excluding tert-OH is 1. The molecule has 5 nitrogen and oxygen atoms in total. The van der Waals surface area contributed by atoms with E-state index < -0.39 is 5.91 Å². The number of carbonyl (C=O) groups excluding carboxylic acids is 1. The summed E-state index contributed by atoms with van der Waals surface area (Å²) in [5.74, 6) is -0.125. The Morgan fingerprint density at radius 3 is 2.84 bits per heavy atom. The minimum absolute atomic E-state index is 0.264. The molecule has 1 fully saturated rings. The van der Waals surface area contributed by atoms with Crippen LogP contribution in [0.5, 0.6) is 0 Å². The number of carbonyl (C=O) groups is 1. The van der Waals surface area contributed by atoms with Crippen molar-refractivity contribution in [3.63, 3.8) is 0 Å². The Bertz CT molecular complexity index is 474. The molecule has 1 aromatic carbocycles. The Kier molecular flexibility index (Phi) is 4.07. The Balaban J connectivity index is 2.02. The number of likely N-dealkylation sites (tertiary alicyclic amines) is 1. The van der Waals surface area contributed by atoms with Gasteiger partial charge in [-0.15, -0.1) is 0 Å². The summed E-state index contributed by atoms with van der Waals surface area (Å²) in [5.41, 5.74) is 13.2. The molecule has 0 aromatic heterocycles. The van der Waals surface area contributed by atoms with Crippen molar-refractivity contribution in [1.82, 2.24) is 4.90 Å². The van der Waals surface area contributed by atoms with E-state index in [-0.39, 0.29) is 6.10 Å². The molecule has 1 aliphatic heterocycles. The summed E-state index contributed by atoms with van der Waals surface area (Å²) >= 11 is 0. The lowest BCUT2D eigenvalue weighted by Crippen LogP contribution is -2.24. The average molecular weight is 263 g/mol. The topological polar surface area (TPSA) is 92.6 Å². The first-order valence-electron chi connectivity index (χ1n) is 6.56. The Morgan fingerprint density at radius 1 is 1.58 bits per heavy atom.